The highest BCUT2D eigenvalue weighted by molar-refractivity contribution is 5.75. The molecule has 10 rings (SSSR count). The predicted molar refractivity (Wildman–Crippen MR) is 341 cm³/mol. The van der Waals surface area contributed by atoms with Gasteiger partial charge in [0, 0.05) is 6.42 Å². The number of aliphatic hydroxyl groups is 32. The third-order valence-electron chi connectivity index (χ3n) is 21.4. The van der Waals surface area contributed by atoms with E-state index < -0.39 is 385 Å². The zero-order valence-electron chi connectivity index (χ0n) is 60.0. The normalized spacial score (nSPS) is 52.5. The molecule has 0 spiro atoms. The third-order valence-corrected chi connectivity index (χ3v) is 21.4. The maximum atomic E-state index is 12.7. The van der Waals surface area contributed by atoms with Crippen LogP contribution in [0.2, 0.25) is 0 Å². The van der Waals surface area contributed by atoms with E-state index in [4.69, 9.17) is 90.0 Å². The lowest BCUT2D eigenvalue weighted by Gasteiger charge is -2.52. The average Bonchev–Trinajstić information content (AvgIpc) is 0.760. The third kappa shape index (κ3) is 19.7. The molecule has 10 aliphatic heterocycles. The van der Waals surface area contributed by atoms with Crippen molar-refractivity contribution in [3.8, 4) is 0 Å². The van der Waals surface area contributed by atoms with E-state index in [1.54, 1.807) is 0 Å². The molecule has 0 aliphatic carbocycles. The van der Waals surface area contributed by atoms with Gasteiger partial charge in [-0.2, -0.15) is 0 Å². The molecule has 0 radical (unpaired) electrons. The highest BCUT2D eigenvalue weighted by atomic mass is 16.8. The van der Waals surface area contributed by atoms with E-state index in [-0.39, 0.29) is 0 Å². The molecule has 0 aromatic heterocycles. The Labute approximate surface area is 646 Å². The number of carbonyl (C=O) groups is 1. The minimum Gasteiger partial charge on any atom is -0.477 e. The lowest BCUT2D eigenvalue weighted by Crippen LogP contribution is -2.70. The Hall–Kier alpha value is -2.57. The fourth-order valence-corrected chi connectivity index (χ4v) is 14.7. The maximum absolute atomic E-state index is 12.7. The van der Waals surface area contributed by atoms with E-state index in [0.717, 1.165) is 0 Å². The van der Waals surface area contributed by atoms with Crippen LogP contribution in [0.4, 0.5) is 0 Å². The topological polar surface area (TPSA) is 860 Å². The van der Waals surface area contributed by atoms with Gasteiger partial charge in [-0.25, -0.2) is 4.79 Å². The quantitative estimate of drug-likeness (QED) is 0.0318. The van der Waals surface area contributed by atoms with Crippen LogP contribution >= 0.6 is 0 Å². The number of aliphatic hydroxyl groups excluding tert-OH is 31. The van der Waals surface area contributed by atoms with Crippen LogP contribution in [0.1, 0.15) is 6.42 Å². The van der Waals surface area contributed by atoms with Gasteiger partial charge in [-0.15, -0.1) is 0 Å². The van der Waals surface area contributed by atoms with Crippen molar-refractivity contribution >= 4 is 5.97 Å². The highest BCUT2D eigenvalue weighted by Crippen LogP contribution is 2.42. The molecule has 33 N–H and O–H groups in total. The van der Waals surface area contributed by atoms with Gasteiger partial charge in [0.25, 0.3) is 5.79 Å². The van der Waals surface area contributed by atoms with Crippen LogP contribution in [0.3, 0.4) is 0 Å². The molecule has 53 heteroatoms. The number of hydrogen-bond acceptors (Lipinski definition) is 52. The molecular weight excluding hydrogens is 1590 g/mol. The van der Waals surface area contributed by atoms with Gasteiger partial charge in [-0.05, 0) is 0 Å². The summed E-state index contributed by atoms with van der Waals surface area (Å²) in [6, 6.07) is 0. The molecule has 10 heterocycles. The van der Waals surface area contributed by atoms with Gasteiger partial charge < -0.3 is 259 Å². The monoisotopic (exact) mass is 1700 g/mol. The molecule has 0 aromatic carbocycles. The summed E-state index contributed by atoms with van der Waals surface area (Å²) in [4.78, 5) is 12.3. The fraction of sp³-hybridized carbons (Fsp3) is 0.984. The molecule has 0 saturated carbocycles. The Morgan fingerprint density at radius 2 is 0.539 bits per heavy atom. The molecule has 670 valence electrons. The van der Waals surface area contributed by atoms with Gasteiger partial charge in [0.2, 0.25) is 0 Å². The lowest BCUT2D eigenvalue weighted by molar-refractivity contribution is -0.415. The van der Waals surface area contributed by atoms with Crippen molar-refractivity contribution < 1.29 is 263 Å². The van der Waals surface area contributed by atoms with Crippen molar-refractivity contribution in [2.45, 2.75) is 313 Å². The second-order valence-corrected chi connectivity index (χ2v) is 29.0. The fourth-order valence-electron chi connectivity index (χ4n) is 14.7. The summed E-state index contributed by atoms with van der Waals surface area (Å²) in [5.74, 6) is -5.54. The number of carboxylic acids is 1. The summed E-state index contributed by atoms with van der Waals surface area (Å²) in [5.41, 5.74) is 0. The zero-order chi connectivity index (χ0) is 84.6. The van der Waals surface area contributed by atoms with Gasteiger partial charge in [-0.1, -0.05) is 0 Å². The summed E-state index contributed by atoms with van der Waals surface area (Å²) >= 11 is 0. The molecule has 10 saturated heterocycles. The molecule has 10 aliphatic rings. The Bertz CT molecular complexity index is 2960. The van der Waals surface area contributed by atoms with E-state index in [0.29, 0.717) is 0 Å². The maximum Gasteiger partial charge on any atom is 0.364 e. The van der Waals surface area contributed by atoms with Crippen molar-refractivity contribution in [2.24, 2.45) is 0 Å². The minimum atomic E-state index is -3.37. The van der Waals surface area contributed by atoms with Crippen LogP contribution in [0.15, 0.2) is 0 Å². The summed E-state index contributed by atoms with van der Waals surface area (Å²) in [5, 5.41) is 361. The van der Waals surface area contributed by atoms with Crippen LogP contribution < -0.4 is 0 Å². The van der Waals surface area contributed by atoms with Crippen molar-refractivity contribution in [1.29, 1.82) is 0 Å². The number of carboxylic acid groups (broad SMARTS) is 1. The second-order valence-electron chi connectivity index (χ2n) is 29.0. The molecular formula is C62H104O53. The van der Waals surface area contributed by atoms with Crippen LogP contribution in [-0.2, 0) is 94.8 Å². The van der Waals surface area contributed by atoms with E-state index >= 15 is 0 Å². The summed E-state index contributed by atoms with van der Waals surface area (Å²) in [6.45, 7) is -11.9. The van der Waals surface area contributed by atoms with Crippen molar-refractivity contribution in [3.05, 3.63) is 0 Å². The standard InChI is InChI=1S/C62H104O53/c63-2-13(73)44-43(12(72)1-62(96,115-44)61(94)95)107-58-42(93)49(112-54-38(89)30(81)25(76)16(5-66)100-54)48(111-60-51(32(83)27(78)18(7-68)102-60)114-57-41(92)35(86)46(20(9-70)105-57)109-53-37(88)29(80)24(75)15(4-65)99-53)22(106-58)11-97-59-50(31(82)26(77)17(6-67)101-59)113-56-40(91)34(85)47(21(10-71)104-56)110-55-39(90)33(84)45(19(8-69)103-55)108-52-36(87)28(79)23(74)14(3-64)98-52/h12-60,63-93,96H,1-11H2,(H,94,95)/t12-,13-,14-,15-,16-,17-,18-,19-,20-,21-,22-,23+,24+,25-,26-,27-,28+,29+,30+,31+,32+,33-,34-,35-,36-,37-,38-,39-,40-,41-,42-,43-,44-,45+,46-,47-,48-,49-,50-,51-,52-,53+,54+,55+,56-,57-,58-,59-,60+,62?/m1/s1. The molecule has 0 bridgehead atoms. The molecule has 115 heavy (non-hydrogen) atoms. The first kappa shape index (κ1) is 94.7. The Morgan fingerprint density at radius 3 is 0.878 bits per heavy atom. The molecule has 0 aromatic rings. The smallest absolute Gasteiger partial charge is 0.364 e. The van der Waals surface area contributed by atoms with Crippen LogP contribution in [0.5, 0.6) is 0 Å². The average molecular weight is 1700 g/mol. The zero-order valence-corrected chi connectivity index (χ0v) is 60.0. The minimum absolute atomic E-state index is 0.923. The summed E-state index contributed by atoms with van der Waals surface area (Å²) < 4.78 is 110. The van der Waals surface area contributed by atoms with Crippen LogP contribution in [0, 0.1) is 0 Å². The van der Waals surface area contributed by atoms with Crippen LogP contribution in [-0.4, -0.2) is 547 Å². The SMILES string of the molecule is O=C(O)C1(O)C[C@@H](O)[C@@H](O[C@H]2O[C@H](CO[C@@H]3O[C@H](CO)[C@@H](O)[C@H](O)[C@H]3O[C@H]3O[C@H](CO)[C@@H](O[C@@H]4O[C@H](CO)[C@H](O[C@H]5O[C@H](CO)[C@H](O)[C@H](O)[C@H]5O)[C@H](O)[C@H]4O)[C@H](O)[C@H]3O)[C@@H](O[C@@H]3O[C@H](CO)[C@@H](O)[C@H](O)[C@H]3O[C@H]3O[C@H](CO)[C@@H](O[C@@H]4O[C@H](CO)[C@H](O)[C@H](O)[C@H]4O)[C@H](O)[C@H]3O)[C@H](O[C@@H]3O[C@H](CO)[C@@H](O)[C@H](O)[C@H]3O)[C@H]2O)[C@@H]([C@H](O)CO)O1. The van der Waals surface area contributed by atoms with Gasteiger partial charge >= 0.3 is 5.97 Å². The highest BCUT2D eigenvalue weighted by Gasteiger charge is 2.63. The molecule has 1 unspecified atom stereocenters. The number of hydrogen-bond donors (Lipinski definition) is 33. The molecule has 53 nitrogen and oxygen atoms in total. The number of rotatable bonds is 30. The number of aliphatic carboxylic acids is 1. The van der Waals surface area contributed by atoms with Crippen molar-refractivity contribution in [3.63, 3.8) is 0 Å². The van der Waals surface area contributed by atoms with Gasteiger partial charge in [0.05, 0.1) is 72.2 Å². The summed E-state index contributed by atoms with van der Waals surface area (Å²) in [6.07, 6.45) is -110. The Balaban J connectivity index is 0.978. The Kier molecular flexibility index (Phi) is 33.2. The van der Waals surface area contributed by atoms with Crippen LogP contribution in [0.25, 0.3) is 0 Å². The van der Waals surface area contributed by atoms with E-state index in [1.165, 1.54) is 0 Å². The van der Waals surface area contributed by atoms with Gasteiger partial charge in [0.1, 0.15) is 238 Å². The van der Waals surface area contributed by atoms with E-state index in [2.05, 4.69) is 0 Å². The van der Waals surface area contributed by atoms with E-state index in [1.807, 2.05) is 0 Å². The summed E-state index contributed by atoms with van der Waals surface area (Å²) in [7, 11) is 0. The lowest BCUT2D eigenvalue weighted by atomic mass is 9.92. The van der Waals surface area contributed by atoms with Crippen molar-refractivity contribution in [1.82, 2.24) is 0 Å². The number of ether oxygens (including phenoxy) is 19. The largest absolute Gasteiger partial charge is 0.477 e. The Morgan fingerprint density at radius 1 is 0.287 bits per heavy atom. The second kappa shape index (κ2) is 40.4. The van der Waals surface area contributed by atoms with Gasteiger partial charge in [-0.3, -0.25) is 0 Å². The molecule has 50 atom stereocenters. The molecule has 10 fully saturated rings. The first-order chi connectivity index (χ1) is 54.4. The van der Waals surface area contributed by atoms with Gasteiger partial charge in [0.15, 0.2) is 56.6 Å². The van der Waals surface area contributed by atoms with E-state index in [9.17, 15) is 173 Å². The first-order valence-electron chi connectivity index (χ1n) is 36.3. The van der Waals surface area contributed by atoms with Crippen molar-refractivity contribution in [2.75, 3.05) is 66.1 Å². The predicted octanol–water partition coefficient (Wildman–Crippen LogP) is -23.0. The molecule has 0 amide bonds. The first-order valence-corrected chi connectivity index (χ1v) is 36.3.